The summed E-state index contributed by atoms with van der Waals surface area (Å²) in [6.07, 6.45) is 5.50. The topological polar surface area (TPSA) is 74.2 Å². The number of carboxylic acid groups (broad SMARTS) is 1. The fraction of sp³-hybridized carbons (Fsp3) is 0.176. The van der Waals surface area contributed by atoms with Gasteiger partial charge in [0.05, 0.1) is 5.69 Å². The number of para-hydroxylation sites is 1. The van der Waals surface area contributed by atoms with E-state index in [1.54, 1.807) is 20.0 Å². The molecule has 0 unspecified atom stereocenters. The third-order valence-corrected chi connectivity index (χ3v) is 4.77. The van der Waals surface area contributed by atoms with Gasteiger partial charge in [0.2, 0.25) is 0 Å². The molecule has 0 amide bonds. The van der Waals surface area contributed by atoms with Gasteiger partial charge in [-0.2, -0.15) is 0 Å². The number of anilines is 1. The molecule has 1 aromatic heterocycles. The van der Waals surface area contributed by atoms with E-state index < -0.39 is 10.7 Å². The van der Waals surface area contributed by atoms with Crippen molar-refractivity contribution in [2.45, 2.75) is 23.6 Å². The maximum atomic E-state index is 11.4. The molecule has 2 aromatic rings. The predicted octanol–water partition coefficient (Wildman–Crippen LogP) is 3.60. The third-order valence-electron chi connectivity index (χ3n) is 3.57. The first-order valence-corrected chi connectivity index (χ1v) is 7.99. The molecule has 23 heavy (non-hydrogen) atoms. The van der Waals surface area contributed by atoms with Crippen LogP contribution < -0.4 is 10.9 Å². The minimum atomic E-state index is -0.955. The Hall–Kier alpha value is -2.47. The van der Waals surface area contributed by atoms with Crippen molar-refractivity contribution < 1.29 is 9.90 Å². The Kier molecular flexibility index (Phi) is 4.00. The van der Waals surface area contributed by atoms with Crippen LogP contribution in [0.2, 0.25) is 0 Å². The molecule has 5 nitrogen and oxygen atoms in total. The van der Waals surface area contributed by atoms with Crippen LogP contribution in [0.1, 0.15) is 19.4 Å². The Morgan fingerprint density at radius 3 is 2.78 bits per heavy atom. The molecule has 2 heterocycles. The highest BCUT2D eigenvalue weighted by atomic mass is 32.2. The van der Waals surface area contributed by atoms with Gasteiger partial charge < -0.3 is 16.0 Å². The molecular weight excluding hydrogens is 310 g/mol. The van der Waals surface area contributed by atoms with Crippen molar-refractivity contribution >= 4 is 29.5 Å². The highest BCUT2D eigenvalue weighted by molar-refractivity contribution is 8.01. The number of nitrogens with zero attached hydrogens (tertiary/aromatic N) is 1. The number of carboxylic acids is 1. The van der Waals surface area contributed by atoms with Gasteiger partial charge in [-0.15, -0.1) is 0 Å². The number of hydrogen-bond acceptors (Lipinski definition) is 5. The lowest BCUT2D eigenvalue weighted by molar-refractivity contribution is -0.138. The summed E-state index contributed by atoms with van der Waals surface area (Å²) in [4.78, 5) is 15.8. The molecule has 1 aliphatic rings. The van der Waals surface area contributed by atoms with Crippen molar-refractivity contribution in [1.82, 2.24) is 10.4 Å². The first kappa shape index (κ1) is 15.4. The molecular formula is C17H17N3O2S. The van der Waals surface area contributed by atoms with Gasteiger partial charge in [-0.05, 0) is 26.0 Å². The second-order valence-electron chi connectivity index (χ2n) is 5.65. The molecule has 3 rings (SSSR count). The van der Waals surface area contributed by atoms with Gasteiger partial charge in [-0.3, -0.25) is 4.79 Å². The van der Waals surface area contributed by atoms with Crippen LogP contribution in [0, 0.1) is 0 Å². The highest BCUT2D eigenvalue weighted by Gasteiger charge is 2.30. The lowest BCUT2D eigenvalue weighted by Crippen LogP contribution is -2.27. The van der Waals surface area contributed by atoms with Crippen LogP contribution in [0.25, 0.3) is 17.2 Å². The Morgan fingerprint density at radius 2 is 2.00 bits per heavy atom. The second-order valence-corrected chi connectivity index (χ2v) is 7.26. The van der Waals surface area contributed by atoms with Crippen LogP contribution >= 0.6 is 11.8 Å². The molecule has 3 N–H and O–H groups in total. The summed E-state index contributed by atoms with van der Waals surface area (Å²) in [5, 5.41) is 10.1. The normalized spacial score (nSPS) is 13.0. The Balaban J connectivity index is 2.09. The molecule has 0 saturated carbocycles. The van der Waals surface area contributed by atoms with Crippen molar-refractivity contribution in [3.63, 3.8) is 0 Å². The molecule has 6 heteroatoms. The van der Waals surface area contributed by atoms with Crippen molar-refractivity contribution in [2.24, 2.45) is 0 Å². The average Bonchev–Trinajstić information content (AvgIpc) is 2.54. The summed E-state index contributed by atoms with van der Waals surface area (Å²) in [7, 11) is 0. The quantitative estimate of drug-likeness (QED) is 0.745. The number of pyridine rings is 1. The smallest absolute Gasteiger partial charge is 0.319 e. The fourth-order valence-corrected chi connectivity index (χ4v) is 3.25. The van der Waals surface area contributed by atoms with Crippen LogP contribution in [0.3, 0.4) is 0 Å². The first-order valence-electron chi connectivity index (χ1n) is 7.18. The molecule has 1 aromatic carbocycles. The van der Waals surface area contributed by atoms with E-state index in [9.17, 15) is 9.90 Å². The number of hydrogen-bond donors (Lipinski definition) is 3. The molecule has 0 atom stereocenters. The zero-order chi connectivity index (χ0) is 16.4. The number of rotatable bonds is 4. The van der Waals surface area contributed by atoms with Crippen molar-refractivity contribution in [3.8, 4) is 11.1 Å². The van der Waals surface area contributed by atoms with Crippen molar-refractivity contribution in [2.75, 3.05) is 5.43 Å². The van der Waals surface area contributed by atoms with Gasteiger partial charge in [0, 0.05) is 29.1 Å². The van der Waals surface area contributed by atoms with Gasteiger partial charge in [0.25, 0.3) is 0 Å². The Morgan fingerprint density at radius 1 is 1.22 bits per heavy atom. The van der Waals surface area contributed by atoms with Crippen LogP contribution in [-0.2, 0) is 4.79 Å². The Bertz CT molecular complexity index is 787. The number of nitrogens with one attached hydrogen (secondary N) is 2. The fourth-order valence-electron chi connectivity index (χ4n) is 2.28. The summed E-state index contributed by atoms with van der Waals surface area (Å²) in [5.74, 6) is -0.864. The monoisotopic (exact) mass is 327 g/mol. The summed E-state index contributed by atoms with van der Waals surface area (Å²) in [5.41, 5.74) is 10.1. The number of carbonyl (C=O) groups is 1. The minimum absolute atomic E-state index is 0.699. The summed E-state index contributed by atoms with van der Waals surface area (Å²) in [6, 6.07) is 9.83. The number of hydrazine groups is 1. The molecule has 0 bridgehead atoms. The maximum Gasteiger partial charge on any atom is 0.319 e. The molecule has 0 fully saturated rings. The molecule has 0 aliphatic carbocycles. The van der Waals surface area contributed by atoms with Crippen LogP contribution in [-0.4, -0.2) is 20.8 Å². The molecule has 118 valence electrons. The molecule has 0 radical (unpaired) electrons. The van der Waals surface area contributed by atoms with Gasteiger partial charge in [0.1, 0.15) is 9.77 Å². The average molecular weight is 327 g/mol. The van der Waals surface area contributed by atoms with E-state index >= 15 is 0 Å². The number of benzene rings is 1. The number of fused-ring (bicyclic) bond motifs is 1. The highest BCUT2D eigenvalue weighted by Crippen LogP contribution is 2.41. The lowest BCUT2D eigenvalue weighted by Gasteiger charge is -2.22. The zero-order valence-electron chi connectivity index (χ0n) is 12.8. The standard InChI is InChI=1S/C17H17N3O2S/c1-17(2,16(21)22)23-15-13(7-4-9-18-15)12-6-3-5-11-8-10-19-20-14(11)12/h3-10,19-20H,1-2H3,(H,21,22). The SMILES string of the molecule is CC(C)(Sc1ncccc1-c1cccc2c1NNC=C2)C(=O)O. The molecule has 1 aliphatic heterocycles. The predicted molar refractivity (Wildman–Crippen MR) is 93.0 cm³/mol. The van der Waals surface area contributed by atoms with Crippen molar-refractivity contribution in [3.05, 3.63) is 48.3 Å². The van der Waals surface area contributed by atoms with E-state index in [1.807, 2.05) is 42.6 Å². The number of aliphatic carboxylic acids is 1. The second kappa shape index (κ2) is 5.96. The van der Waals surface area contributed by atoms with Gasteiger partial charge in [-0.25, -0.2) is 4.98 Å². The van der Waals surface area contributed by atoms with E-state index in [2.05, 4.69) is 15.8 Å². The van der Waals surface area contributed by atoms with Gasteiger partial charge in [0.15, 0.2) is 0 Å². The van der Waals surface area contributed by atoms with Crippen LogP contribution in [0.5, 0.6) is 0 Å². The van der Waals surface area contributed by atoms with Crippen molar-refractivity contribution in [1.29, 1.82) is 0 Å². The van der Waals surface area contributed by atoms with E-state index in [0.717, 1.165) is 22.4 Å². The first-order chi connectivity index (χ1) is 11.0. The van der Waals surface area contributed by atoms with Crippen LogP contribution in [0.4, 0.5) is 5.69 Å². The lowest BCUT2D eigenvalue weighted by atomic mass is 10.0. The number of aromatic nitrogens is 1. The van der Waals surface area contributed by atoms with E-state index in [1.165, 1.54) is 11.8 Å². The summed E-state index contributed by atoms with van der Waals surface area (Å²) < 4.78 is -0.955. The van der Waals surface area contributed by atoms with E-state index in [0.29, 0.717) is 5.03 Å². The third kappa shape index (κ3) is 3.03. The van der Waals surface area contributed by atoms with Gasteiger partial charge >= 0.3 is 5.97 Å². The van der Waals surface area contributed by atoms with E-state index in [-0.39, 0.29) is 0 Å². The Labute approximate surface area is 138 Å². The number of thioether (sulfide) groups is 1. The largest absolute Gasteiger partial charge is 0.480 e. The summed E-state index contributed by atoms with van der Waals surface area (Å²) >= 11 is 1.25. The van der Waals surface area contributed by atoms with Crippen LogP contribution in [0.15, 0.2) is 47.8 Å². The summed E-state index contributed by atoms with van der Waals surface area (Å²) in [6.45, 7) is 3.36. The van der Waals surface area contributed by atoms with Gasteiger partial charge in [-0.1, -0.05) is 36.0 Å². The maximum absolute atomic E-state index is 11.4. The van der Waals surface area contributed by atoms with E-state index in [4.69, 9.17) is 0 Å². The molecule has 0 spiro atoms. The minimum Gasteiger partial charge on any atom is -0.480 e. The zero-order valence-corrected chi connectivity index (χ0v) is 13.6. The molecule has 0 saturated heterocycles.